The first kappa shape index (κ1) is 28.1. The predicted octanol–water partition coefficient (Wildman–Crippen LogP) is 13.1. The van der Waals surface area contributed by atoms with Crippen LogP contribution in [0.25, 0.3) is 81.9 Å². The van der Waals surface area contributed by atoms with Crippen LogP contribution in [0.2, 0.25) is 0 Å². The summed E-state index contributed by atoms with van der Waals surface area (Å²) in [6.45, 7) is 13.6. The largest absolute Gasteiger partial charge is 0.308 e. The molecule has 9 aromatic rings. The number of rotatable bonds is 2. The lowest BCUT2D eigenvalue weighted by Crippen LogP contribution is -2.10. The van der Waals surface area contributed by atoms with Gasteiger partial charge in [0, 0.05) is 21.5 Å². The molecule has 0 aliphatic carbocycles. The highest BCUT2D eigenvalue weighted by molar-refractivity contribution is 6.26. The van der Waals surface area contributed by atoms with Gasteiger partial charge in [0.2, 0.25) is 0 Å². The normalized spacial score (nSPS) is 12.9. The Morgan fingerprint density at radius 3 is 1.17 bits per heavy atom. The van der Waals surface area contributed by atoms with E-state index in [0.29, 0.717) is 0 Å². The minimum atomic E-state index is 0.146. The Balaban J connectivity index is 1.23. The lowest BCUT2D eigenvalue weighted by atomic mass is 9.86. The van der Waals surface area contributed by atoms with E-state index in [-0.39, 0.29) is 10.8 Å². The van der Waals surface area contributed by atoms with E-state index in [1.165, 1.54) is 93.0 Å². The molecular weight excluding hydrogens is 567 g/mol. The Kier molecular flexibility index (Phi) is 5.79. The van der Waals surface area contributed by atoms with Gasteiger partial charge in [-0.05, 0) is 102 Å². The Morgan fingerprint density at radius 2 is 0.766 bits per heavy atom. The van der Waals surface area contributed by atoms with E-state index in [1.807, 2.05) is 0 Å². The van der Waals surface area contributed by atoms with Crippen LogP contribution in [0.3, 0.4) is 0 Å². The van der Waals surface area contributed by atoms with Crippen molar-refractivity contribution in [3.05, 3.63) is 139 Å². The van der Waals surface area contributed by atoms with Crippen LogP contribution in [0.15, 0.2) is 127 Å². The Morgan fingerprint density at radius 1 is 0.362 bits per heavy atom. The van der Waals surface area contributed by atoms with Crippen molar-refractivity contribution in [2.45, 2.75) is 52.4 Å². The van der Waals surface area contributed by atoms with Crippen LogP contribution in [-0.4, -0.2) is 4.40 Å². The number of fused-ring (bicyclic) bond motifs is 8. The predicted molar refractivity (Wildman–Crippen MR) is 204 cm³/mol. The van der Waals surface area contributed by atoms with Crippen LogP contribution in [-0.2, 0) is 10.8 Å². The minimum absolute atomic E-state index is 0.146. The molecule has 0 saturated carbocycles. The van der Waals surface area contributed by atoms with Gasteiger partial charge in [-0.15, -0.1) is 0 Å². The van der Waals surface area contributed by atoms with E-state index >= 15 is 0 Å². The minimum Gasteiger partial charge on any atom is -0.308 e. The summed E-state index contributed by atoms with van der Waals surface area (Å²) in [6, 6.07) is 48.4. The van der Waals surface area contributed by atoms with Gasteiger partial charge >= 0.3 is 0 Å². The van der Waals surface area contributed by atoms with E-state index in [2.05, 4.69) is 173 Å². The molecule has 0 aliphatic heterocycles. The topological polar surface area (TPSA) is 4.41 Å². The van der Waals surface area contributed by atoms with Crippen molar-refractivity contribution in [1.82, 2.24) is 4.40 Å². The van der Waals surface area contributed by atoms with Crippen molar-refractivity contribution in [1.29, 1.82) is 0 Å². The summed E-state index contributed by atoms with van der Waals surface area (Å²) in [5.41, 5.74) is 11.9. The molecule has 0 saturated heterocycles. The molecule has 0 atom stereocenters. The maximum absolute atomic E-state index is 2.52. The molecule has 1 nitrogen and oxygen atoms in total. The van der Waals surface area contributed by atoms with Gasteiger partial charge in [0.05, 0.1) is 16.6 Å². The molecular formula is C46H39N. The third kappa shape index (κ3) is 4.37. The van der Waals surface area contributed by atoms with Crippen molar-refractivity contribution >= 4 is 59.6 Å². The van der Waals surface area contributed by atoms with Gasteiger partial charge in [-0.1, -0.05) is 133 Å². The molecule has 0 radical (unpaired) electrons. The number of hydrogen-bond donors (Lipinski definition) is 0. The van der Waals surface area contributed by atoms with E-state index in [1.54, 1.807) is 0 Å². The molecule has 0 spiro atoms. The smallest absolute Gasteiger partial charge is 0.0620 e. The van der Waals surface area contributed by atoms with Crippen molar-refractivity contribution in [3.63, 3.8) is 0 Å². The molecule has 2 heterocycles. The summed E-state index contributed by atoms with van der Waals surface area (Å²) in [5.74, 6) is 0. The summed E-state index contributed by atoms with van der Waals surface area (Å²) in [6.07, 6.45) is 0. The molecule has 0 unspecified atom stereocenters. The van der Waals surface area contributed by atoms with Crippen molar-refractivity contribution < 1.29 is 0 Å². The molecule has 228 valence electrons. The third-order valence-electron chi connectivity index (χ3n) is 10.4. The van der Waals surface area contributed by atoms with Crippen LogP contribution < -0.4 is 0 Å². The summed E-state index contributed by atoms with van der Waals surface area (Å²) in [7, 11) is 0. The van der Waals surface area contributed by atoms with Crippen LogP contribution in [0.5, 0.6) is 0 Å². The van der Waals surface area contributed by atoms with Gasteiger partial charge in [0.15, 0.2) is 0 Å². The van der Waals surface area contributed by atoms with Gasteiger partial charge < -0.3 is 4.40 Å². The molecule has 47 heavy (non-hydrogen) atoms. The number of hydrogen-bond acceptors (Lipinski definition) is 0. The Hall–Kier alpha value is -5.14. The molecule has 0 N–H and O–H groups in total. The Bertz CT molecular complexity index is 2470. The number of nitrogens with zero attached hydrogens (tertiary/aromatic N) is 1. The maximum atomic E-state index is 2.52. The van der Waals surface area contributed by atoms with Crippen molar-refractivity contribution in [2.24, 2.45) is 0 Å². The third-order valence-corrected chi connectivity index (χ3v) is 10.4. The first-order chi connectivity index (χ1) is 22.5. The fourth-order valence-corrected chi connectivity index (χ4v) is 7.65. The average Bonchev–Trinajstić information content (AvgIpc) is 3.56. The zero-order valence-electron chi connectivity index (χ0n) is 28.1. The molecule has 2 aromatic heterocycles. The molecule has 0 aliphatic rings. The summed E-state index contributed by atoms with van der Waals surface area (Å²) in [5, 5.41) is 10.4. The molecule has 0 fully saturated rings. The average molecular weight is 606 g/mol. The number of aromatic nitrogens is 1. The summed E-state index contributed by atoms with van der Waals surface area (Å²) in [4.78, 5) is 0. The van der Waals surface area contributed by atoms with E-state index in [0.717, 1.165) is 0 Å². The van der Waals surface area contributed by atoms with E-state index < -0.39 is 0 Å². The zero-order valence-corrected chi connectivity index (χ0v) is 28.1. The van der Waals surface area contributed by atoms with Crippen LogP contribution in [0.4, 0.5) is 0 Å². The number of benzene rings is 7. The fourth-order valence-electron chi connectivity index (χ4n) is 7.65. The second kappa shape index (κ2) is 9.69. The molecule has 7 aromatic carbocycles. The highest BCUT2D eigenvalue weighted by Gasteiger charge is 2.19. The molecule has 0 amide bonds. The summed E-state index contributed by atoms with van der Waals surface area (Å²) < 4.78 is 2.52. The lowest BCUT2D eigenvalue weighted by molar-refractivity contribution is 0.590. The van der Waals surface area contributed by atoms with Crippen molar-refractivity contribution in [3.8, 4) is 22.3 Å². The molecule has 0 bridgehead atoms. The molecule has 9 rings (SSSR count). The SMILES string of the molecule is CC(C)(C)c1ccc(-c2ccc3cc4c5cccc6c7cc8ccc(-c9ccc(C(C)(C)C)cc9)cc8cc7n(c4cc3c2)c56)cc1. The maximum Gasteiger partial charge on any atom is 0.0620 e. The lowest BCUT2D eigenvalue weighted by Gasteiger charge is -2.19. The zero-order chi connectivity index (χ0) is 32.2. The van der Waals surface area contributed by atoms with Crippen LogP contribution in [0.1, 0.15) is 52.7 Å². The van der Waals surface area contributed by atoms with Gasteiger partial charge in [-0.25, -0.2) is 0 Å². The number of para-hydroxylation sites is 1. The van der Waals surface area contributed by atoms with Crippen LogP contribution in [0, 0.1) is 0 Å². The van der Waals surface area contributed by atoms with Gasteiger partial charge in [0.25, 0.3) is 0 Å². The highest BCUT2D eigenvalue weighted by Crippen LogP contribution is 2.42. The van der Waals surface area contributed by atoms with Gasteiger partial charge in [-0.2, -0.15) is 0 Å². The standard InChI is InChI=1S/C46H39N/c1-45(2,3)36-18-14-28(15-19-36)30-10-12-32-24-40-38-8-7-9-39-41-25-33-13-11-31(29-16-20-37(21-17-29)46(4,5)6)23-35(33)27-43(41)47(44(38)39)42(40)26-34(32)22-30/h7-27H,1-6H3. The fraction of sp³-hybridized carbons (Fsp3) is 0.174. The van der Waals surface area contributed by atoms with E-state index in [4.69, 9.17) is 0 Å². The monoisotopic (exact) mass is 605 g/mol. The highest BCUT2D eigenvalue weighted by atomic mass is 14.9. The summed E-state index contributed by atoms with van der Waals surface area (Å²) >= 11 is 0. The quantitative estimate of drug-likeness (QED) is 0.185. The Labute approximate surface area is 276 Å². The second-order valence-electron chi connectivity index (χ2n) is 15.6. The van der Waals surface area contributed by atoms with Crippen molar-refractivity contribution in [2.75, 3.05) is 0 Å². The van der Waals surface area contributed by atoms with Gasteiger partial charge in [-0.3, -0.25) is 0 Å². The van der Waals surface area contributed by atoms with Gasteiger partial charge in [0.1, 0.15) is 0 Å². The van der Waals surface area contributed by atoms with Crippen LogP contribution >= 0.6 is 0 Å². The second-order valence-corrected chi connectivity index (χ2v) is 15.6. The van der Waals surface area contributed by atoms with E-state index in [9.17, 15) is 0 Å². The first-order valence-electron chi connectivity index (χ1n) is 16.8. The first-order valence-corrected chi connectivity index (χ1v) is 16.8. The molecule has 1 heteroatoms.